The third-order valence-electron chi connectivity index (χ3n) is 2.72. The number of thiophene rings is 1. The van der Waals surface area contributed by atoms with Crippen molar-refractivity contribution in [2.24, 2.45) is 0 Å². The van der Waals surface area contributed by atoms with Gasteiger partial charge in [0.15, 0.2) is 0 Å². The maximum absolute atomic E-state index is 9.43. The van der Waals surface area contributed by atoms with E-state index in [4.69, 9.17) is 0 Å². The zero-order valence-corrected chi connectivity index (χ0v) is 12.1. The van der Waals surface area contributed by atoms with Crippen molar-refractivity contribution in [2.75, 3.05) is 0 Å². The van der Waals surface area contributed by atoms with Gasteiger partial charge in [-0.2, -0.15) is 0 Å². The molecule has 0 aliphatic rings. The first-order valence-corrected chi connectivity index (χ1v) is 7.39. The lowest BCUT2D eigenvalue weighted by Crippen LogP contribution is -1.89. The lowest BCUT2D eigenvalue weighted by Gasteiger charge is -2.06. The molecular formula is C14H15BrOS. The average Bonchev–Trinajstić information content (AvgIpc) is 2.72. The molecule has 0 fully saturated rings. The van der Waals surface area contributed by atoms with Gasteiger partial charge in [0.1, 0.15) is 0 Å². The van der Waals surface area contributed by atoms with E-state index in [2.05, 4.69) is 40.4 Å². The lowest BCUT2D eigenvalue weighted by atomic mass is 9.99. The quantitative estimate of drug-likeness (QED) is 0.873. The van der Waals surface area contributed by atoms with Crippen LogP contribution in [0.4, 0.5) is 0 Å². The van der Waals surface area contributed by atoms with E-state index < -0.39 is 0 Å². The molecule has 0 saturated heterocycles. The first kappa shape index (κ1) is 12.8. The number of halogens is 1. The summed E-state index contributed by atoms with van der Waals surface area (Å²) in [4.78, 5) is 1.06. The second-order valence-corrected chi connectivity index (χ2v) is 5.86. The Morgan fingerprint density at radius 3 is 2.82 bits per heavy atom. The Morgan fingerprint density at radius 1 is 1.35 bits per heavy atom. The Balaban J connectivity index is 2.51. The van der Waals surface area contributed by atoms with Crippen molar-refractivity contribution in [3.05, 3.63) is 44.6 Å². The standard InChI is InChI=1S/C14H15BrOS/c1-2-4-11-9-17-13(8-16)14(11)10-5-3-6-12(15)7-10/h3,5-7,9,16H,2,4,8H2,1H3. The fourth-order valence-corrected chi connectivity index (χ4v) is 3.36. The van der Waals surface area contributed by atoms with Crippen LogP contribution in [0.2, 0.25) is 0 Å². The van der Waals surface area contributed by atoms with Crippen LogP contribution >= 0.6 is 27.3 Å². The first-order chi connectivity index (χ1) is 8.26. The van der Waals surface area contributed by atoms with Gasteiger partial charge >= 0.3 is 0 Å². The van der Waals surface area contributed by atoms with Crippen LogP contribution in [-0.2, 0) is 13.0 Å². The summed E-state index contributed by atoms with van der Waals surface area (Å²) >= 11 is 5.15. The number of benzene rings is 1. The Bertz CT molecular complexity index is 505. The SMILES string of the molecule is CCCc1csc(CO)c1-c1cccc(Br)c1. The summed E-state index contributed by atoms with van der Waals surface area (Å²) in [5.74, 6) is 0. The maximum atomic E-state index is 9.43. The fraction of sp³-hybridized carbons (Fsp3) is 0.286. The van der Waals surface area contributed by atoms with Crippen LogP contribution in [0.3, 0.4) is 0 Å². The van der Waals surface area contributed by atoms with E-state index in [0.29, 0.717) is 0 Å². The molecule has 0 atom stereocenters. The molecule has 2 aromatic rings. The van der Waals surface area contributed by atoms with Crippen LogP contribution in [0.25, 0.3) is 11.1 Å². The van der Waals surface area contributed by atoms with Crippen molar-refractivity contribution in [1.82, 2.24) is 0 Å². The highest BCUT2D eigenvalue weighted by atomic mass is 79.9. The summed E-state index contributed by atoms with van der Waals surface area (Å²) in [7, 11) is 0. The Morgan fingerprint density at radius 2 is 2.18 bits per heavy atom. The van der Waals surface area contributed by atoms with Gasteiger partial charge in [-0.3, -0.25) is 0 Å². The van der Waals surface area contributed by atoms with E-state index in [-0.39, 0.29) is 6.61 Å². The molecule has 0 saturated carbocycles. The molecule has 1 nitrogen and oxygen atoms in total. The second-order valence-electron chi connectivity index (χ2n) is 3.98. The van der Waals surface area contributed by atoms with Crippen LogP contribution in [0.15, 0.2) is 34.1 Å². The van der Waals surface area contributed by atoms with Gasteiger partial charge in [0, 0.05) is 14.9 Å². The second kappa shape index (κ2) is 5.80. The molecule has 1 heterocycles. The fourth-order valence-electron chi connectivity index (χ4n) is 2.00. The highest BCUT2D eigenvalue weighted by Crippen LogP contribution is 2.34. The Kier molecular flexibility index (Phi) is 4.37. The maximum Gasteiger partial charge on any atom is 0.0780 e. The van der Waals surface area contributed by atoms with Gasteiger partial charge in [-0.15, -0.1) is 11.3 Å². The van der Waals surface area contributed by atoms with Gasteiger partial charge in [-0.05, 0) is 35.1 Å². The molecule has 1 aromatic heterocycles. The van der Waals surface area contributed by atoms with Crippen LogP contribution < -0.4 is 0 Å². The highest BCUT2D eigenvalue weighted by Gasteiger charge is 2.12. The third-order valence-corrected chi connectivity index (χ3v) is 4.23. The molecule has 3 heteroatoms. The molecule has 0 aliphatic heterocycles. The zero-order chi connectivity index (χ0) is 12.3. The van der Waals surface area contributed by atoms with Gasteiger partial charge in [-0.1, -0.05) is 41.4 Å². The molecule has 1 N–H and O–H groups in total. The molecule has 2 rings (SSSR count). The number of aryl methyl sites for hydroxylation is 1. The van der Waals surface area contributed by atoms with Gasteiger partial charge in [-0.25, -0.2) is 0 Å². The molecule has 0 unspecified atom stereocenters. The summed E-state index contributed by atoms with van der Waals surface area (Å²) in [5, 5.41) is 11.6. The molecule has 1 aromatic carbocycles. The van der Waals surface area contributed by atoms with Crippen LogP contribution in [0, 0.1) is 0 Å². The van der Waals surface area contributed by atoms with Crippen molar-refractivity contribution < 1.29 is 5.11 Å². The van der Waals surface area contributed by atoms with Gasteiger partial charge in [0.2, 0.25) is 0 Å². The first-order valence-electron chi connectivity index (χ1n) is 5.72. The summed E-state index contributed by atoms with van der Waals surface area (Å²) in [5.41, 5.74) is 3.76. The Hall–Kier alpha value is -0.640. The molecule has 0 spiro atoms. The smallest absolute Gasteiger partial charge is 0.0780 e. The number of hydrogen-bond donors (Lipinski definition) is 1. The number of aliphatic hydroxyl groups excluding tert-OH is 1. The lowest BCUT2D eigenvalue weighted by molar-refractivity contribution is 0.286. The van der Waals surface area contributed by atoms with E-state index >= 15 is 0 Å². The molecule has 0 bridgehead atoms. The van der Waals surface area contributed by atoms with Crippen molar-refractivity contribution in [3.8, 4) is 11.1 Å². The molecule has 17 heavy (non-hydrogen) atoms. The highest BCUT2D eigenvalue weighted by molar-refractivity contribution is 9.10. The molecule has 90 valence electrons. The predicted molar refractivity (Wildman–Crippen MR) is 77.4 cm³/mol. The summed E-state index contributed by atoms with van der Waals surface area (Å²) < 4.78 is 1.08. The normalized spacial score (nSPS) is 10.8. The number of aliphatic hydroxyl groups is 1. The van der Waals surface area contributed by atoms with Crippen molar-refractivity contribution >= 4 is 27.3 Å². The minimum Gasteiger partial charge on any atom is -0.391 e. The van der Waals surface area contributed by atoms with Crippen LogP contribution in [0.1, 0.15) is 23.8 Å². The van der Waals surface area contributed by atoms with Crippen molar-refractivity contribution in [1.29, 1.82) is 0 Å². The van der Waals surface area contributed by atoms with E-state index in [1.807, 2.05) is 12.1 Å². The van der Waals surface area contributed by atoms with E-state index in [1.165, 1.54) is 16.7 Å². The minimum atomic E-state index is 0.121. The average molecular weight is 311 g/mol. The molecule has 0 aliphatic carbocycles. The minimum absolute atomic E-state index is 0.121. The predicted octanol–water partition coefficient (Wildman–Crippen LogP) is 4.62. The van der Waals surface area contributed by atoms with E-state index in [9.17, 15) is 5.11 Å². The summed E-state index contributed by atoms with van der Waals surface area (Å²) in [6.07, 6.45) is 2.20. The number of hydrogen-bond acceptors (Lipinski definition) is 2. The summed E-state index contributed by atoms with van der Waals surface area (Å²) in [6, 6.07) is 8.27. The van der Waals surface area contributed by atoms with Crippen molar-refractivity contribution in [3.63, 3.8) is 0 Å². The van der Waals surface area contributed by atoms with E-state index in [0.717, 1.165) is 22.2 Å². The Labute approximate surface area is 114 Å². The zero-order valence-electron chi connectivity index (χ0n) is 9.74. The largest absolute Gasteiger partial charge is 0.391 e. The number of rotatable bonds is 4. The van der Waals surface area contributed by atoms with Crippen LogP contribution in [0.5, 0.6) is 0 Å². The molecule has 0 radical (unpaired) electrons. The van der Waals surface area contributed by atoms with Crippen molar-refractivity contribution in [2.45, 2.75) is 26.4 Å². The van der Waals surface area contributed by atoms with Gasteiger partial charge < -0.3 is 5.11 Å². The molecule has 0 amide bonds. The van der Waals surface area contributed by atoms with E-state index in [1.54, 1.807) is 11.3 Å². The van der Waals surface area contributed by atoms with Gasteiger partial charge in [0.05, 0.1) is 6.61 Å². The van der Waals surface area contributed by atoms with Gasteiger partial charge in [0.25, 0.3) is 0 Å². The molecular weight excluding hydrogens is 296 g/mol. The third kappa shape index (κ3) is 2.79. The topological polar surface area (TPSA) is 20.2 Å². The van der Waals surface area contributed by atoms with Crippen LogP contribution in [-0.4, -0.2) is 5.11 Å². The summed E-state index contributed by atoms with van der Waals surface area (Å²) in [6.45, 7) is 2.30. The monoisotopic (exact) mass is 310 g/mol.